The van der Waals surface area contributed by atoms with E-state index in [1.165, 1.54) is 5.69 Å². The van der Waals surface area contributed by atoms with Crippen LogP contribution in [0.15, 0.2) is 24.3 Å². The van der Waals surface area contributed by atoms with E-state index in [2.05, 4.69) is 54.3 Å². The Morgan fingerprint density at radius 3 is 2.63 bits per heavy atom. The average Bonchev–Trinajstić information content (AvgIpc) is 2.39. The largest absolute Gasteiger partial charge is 0.487 e. The molecule has 1 saturated heterocycles. The van der Waals surface area contributed by atoms with Gasteiger partial charge >= 0.3 is 0 Å². The SMILES string of the molecule is C[C@H](CN(C)C)Oc1ccccc1N1CCNCC1. The minimum atomic E-state index is 0.194. The molecule has 4 nitrogen and oxygen atoms in total. The lowest BCUT2D eigenvalue weighted by Gasteiger charge is -2.31. The average molecular weight is 263 g/mol. The van der Waals surface area contributed by atoms with Crippen LogP contribution in [0.2, 0.25) is 0 Å². The molecule has 1 aromatic rings. The van der Waals surface area contributed by atoms with E-state index in [0.717, 1.165) is 38.5 Å². The van der Waals surface area contributed by atoms with Crippen LogP contribution in [0.1, 0.15) is 6.92 Å². The third-order valence-electron chi connectivity index (χ3n) is 3.27. The van der Waals surface area contributed by atoms with Crippen LogP contribution in [0.3, 0.4) is 0 Å². The Morgan fingerprint density at radius 1 is 1.26 bits per heavy atom. The van der Waals surface area contributed by atoms with Crippen LogP contribution in [0, 0.1) is 0 Å². The summed E-state index contributed by atoms with van der Waals surface area (Å²) >= 11 is 0. The number of para-hydroxylation sites is 2. The molecule has 0 spiro atoms. The fourth-order valence-electron chi connectivity index (χ4n) is 2.49. The second kappa shape index (κ2) is 6.78. The number of nitrogens with zero attached hydrogens (tertiary/aromatic N) is 2. The summed E-state index contributed by atoms with van der Waals surface area (Å²) in [7, 11) is 4.14. The third kappa shape index (κ3) is 4.11. The van der Waals surface area contributed by atoms with Crippen molar-refractivity contribution in [3.05, 3.63) is 24.3 Å². The van der Waals surface area contributed by atoms with Gasteiger partial charge < -0.3 is 19.9 Å². The molecule has 1 aliphatic rings. The molecule has 0 saturated carbocycles. The Hall–Kier alpha value is -1.26. The van der Waals surface area contributed by atoms with Crippen LogP contribution < -0.4 is 15.0 Å². The lowest BCUT2D eigenvalue weighted by Crippen LogP contribution is -2.43. The molecule has 0 amide bonds. The maximum absolute atomic E-state index is 6.11. The van der Waals surface area contributed by atoms with Crippen molar-refractivity contribution in [2.45, 2.75) is 13.0 Å². The van der Waals surface area contributed by atoms with Gasteiger partial charge in [-0.05, 0) is 33.2 Å². The first kappa shape index (κ1) is 14.2. The first-order valence-electron chi connectivity index (χ1n) is 7.03. The van der Waals surface area contributed by atoms with Crippen molar-refractivity contribution in [3.63, 3.8) is 0 Å². The van der Waals surface area contributed by atoms with Gasteiger partial charge in [0, 0.05) is 32.7 Å². The van der Waals surface area contributed by atoms with E-state index >= 15 is 0 Å². The highest BCUT2D eigenvalue weighted by Gasteiger charge is 2.16. The van der Waals surface area contributed by atoms with E-state index in [1.807, 2.05) is 6.07 Å². The minimum absolute atomic E-state index is 0.194. The molecule has 0 bridgehead atoms. The fraction of sp³-hybridized carbons (Fsp3) is 0.600. The van der Waals surface area contributed by atoms with Crippen LogP contribution in [-0.4, -0.2) is 57.8 Å². The third-order valence-corrected chi connectivity index (χ3v) is 3.27. The summed E-state index contributed by atoms with van der Waals surface area (Å²) < 4.78 is 6.11. The minimum Gasteiger partial charge on any atom is -0.487 e. The number of hydrogen-bond acceptors (Lipinski definition) is 4. The summed E-state index contributed by atoms with van der Waals surface area (Å²) in [5.74, 6) is 0.999. The Morgan fingerprint density at radius 2 is 1.95 bits per heavy atom. The number of anilines is 1. The fourth-order valence-corrected chi connectivity index (χ4v) is 2.49. The number of piperazine rings is 1. The molecule has 19 heavy (non-hydrogen) atoms. The molecule has 1 aliphatic heterocycles. The maximum Gasteiger partial charge on any atom is 0.143 e. The van der Waals surface area contributed by atoms with Gasteiger partial charge in [-0.15, -0.1) is 0 Å². The highest BCUT2D eigenvalue weighted by Crippen LogP contribution is 2.29. The predicted octanol–water partition coefficient (Wildman–Crippen LogP) is 1.43. The molecular weight excluding hydrogens is 238 g/mol. The normalized spacial score (nSPS) is 17.6. The number of likely N-dealkylation sites (N-methyl/N-ethyl adjacent to an activating group) is 1. The van der Waals surface area contributed by atoms with E-state index in [-0.39, 0.29) is 6.10 Å². The van der Waals surface area contributed by atoms with E-state index in [4.69, 9.17) is 4.74 Å². The van der Waals surface area contributed by atoms with Crippen molar-refractivity contribution in [2.75, 3.05) is 51.7 Å². The molecule has 1 fully saturated rings. The van der Waals surface area contributed by atoms with Gasteiger partial charge in [0.2, 0.25) is 0 Å². The molecule has 4 heteroatoms. The molecule has 106 valence electrons. The summed E-state index contributed by atoms with van der Waals surface area (Å²) in [4.78, 5) is 4.55. The lowest BCUT2D eigenvalue weighted by atomic mass is 10.2. The Labute approximate surface area is 116 Å². The molecule has 1 aromatic carbocycles. The smallest absolute Gasteiger partial charge is 0.143 e. The van der Waals surface area contributed by atoms with Crippen molar-refractivity contribution in [1.82, 2.24) is 10.2 Å². The molecule has 1 heterocycles. The zero-order valence-corrected chi connectivity index (χ0v) is 12.2. The quantitative estimate of drug-likeness (QED) is 0.869. The van der Waals surface area contributed by atoms with E-state index in [9.17, 15) is 0 Å². The van der Waals surface area contributed by atoms with Crippen LogP contribution >= 0.6 is 0 Å². The standard InChI is InChI=1S/C15H25N3O/c1-13(12-17(2)3)19-15-7-5-4-6-14(15)18-10-8-16-9-11-18/h4-7,13,16H,8-12H2,1-3H3/t13-/m1/s1. The van der Waals surface area contributed by atoms with Crippen molar-refractivity contribution < 1.29 is 4.74 Å². The molecule has 0 aromatic heterocycles. The van der Waals surface area contributed by atoms with Gasteiger partial charge in [-0.2, -0.15) is 0 Å². The molecule has 0 radical (unpaired) electrons. The zero-order chi connectivity index (χ0) is 13.7. The maximum atomic E-state index is 6.11. The number of nitrogens with one attached hydrogen (secondary N) is 1. The number of hydrogen-bond donors (Lipinski definition) is 1. The first-order chi connectivity index (χ1) is 9.16. The molecule has 0 aliphatic carbocycles. The van der Waals surface area contributed by atoms with Gasteiger partial charge in [-0.3, -0.25) is 0 Å². The Bertz CT molecular complexity index is 389. The molecule has 1 N–H and O–H groups in total. The molecule has 0 unspecified atom stereocenters. The first-order valence-corrected chi connectivity index (χ1v) is 7.03. The monoisotopic (exact) mass is 263 g/mol. The lowest BCUT2D eigenvalue weighted by molar-refractivity contribution is 0.177. The Balaban J connectivity index is 2.07. The van der Waals surface area contributed by atoms with Crippen molar-refractivity contribution in [1.29, 1.82) is 0 Å². The Kier molecular flexibility index (Phi) is 5.05. The van der Waals surface area contributed by atoms with E-state index in [0.29, 0.717) is 0 Å². The van der Waals surface area contributed by atoms with E-state index < -0.39 is 0 Å². The molecular formula is C15H25N3O. The van der Waals surface area contributed by atoms with E-state index in [1.54, 1.807) is 0 Å². The van der Waals surface area contributed by atoms with Gasteiger partial charge in [0.1, 0.15) is 11.9 Å². The van der Waals surface area contributed by atoms with Gasteiger partial charge in [0.15, 0.2) is 0 Å². The van der Waals surface area contributed by atoms with Gasteiger partial charge in [0.05, 0.1) is 5.69 Å². The van der Waals surface area contributed by atoms with Crippen molar-refractivity contribution in [3.8, 4) is 5.75 Å². The molecule has 2 rings (SSSR count). The molecule has 1 atom stereocenters. The number of benzene rings is 1. The summed E-state index contributed by atoms with van der Waals surface area (Å²) in [6.07, 6.45) is 0.194. The number of rotatable bonds is 5. The predicted molar refractivity (Wildman–Crippen MR) is 80.2 cm³/mol. The highest BCUT2D eigenvalue weighted by atomic mass is 16.5. The van der Waals surface area contributed by atoms with Crippen LogP contribution in [0.25, 0.3) is 0 Å². The van der Waals surface area contributed by atoms with Crippen molar-refractivity contribution in [2.24, 2.45) is 0 Å². The topological polar surface area (TPSA) is 27.7 Å². The summed E-state index contributed by atoms with van der Waals surface area (Å²) in [6.45, 7) is 7.22. The van der Waals surface area contributed by atoms with Crippen LogP contribution in [0.4, 0.5) is 5.69 Å². The summed E-state index contributed by atoms with van der Waals surface area (Å²) in [5, 5.41) is 3.38. The number of ether oxygens (including phenoxy) is 1. The zero-order valence-electron chi connectivity index (χ0n) is 12.2. The van der Waals surface area contributed by atoms with Crippen LogP contribution in [0.5, 0.6) is 5.75 Å². The van der Waals surface area contributed by atoms with Crippen molar-refractivity contribution >= 4 is 5.69 Å². The second-order valence-corrected chi connectivity index (χ2v) is 5.40. The van der Waals surface area contributed by atoms with Gasteiger partial charge in [-0.25, -0.2) is 0 Å². The highest BCUT2D eigenvalue weighted by molar-refractivity contribution is 5.58. The van der Waals surface area contributed by atoms with Gasteiger partial charge in [0.25, 0.3) is 0 Å². The van der Waals surface area contributed by atoms with Crippen LogP contribution in [-0.2, 0) is 0 Å². The van der Waals surface area contributed by atoms with Gasteiger partial charge in [-0.1, -0.05) is 12.1 Å². The summed E-state index contributed by atoms with van der Waals surface area (Å²) in [5.41, 5.74) is 1.22. The summed E-state index contributed by atoms with van der Waals surface area (Å²) in [6, 6.07) is 8.36. The second-order valence-electron chi connectivity index (χ2n) is 5.40.